The van der Waals surface area contributed by atoms with Crippen LogP contribution in [0.5, 0.6) is 0 Å². The van der Waals surface area contributed by atoms with Crippen molar-refractivity contribution in [3.8, 4) is 0 Å². The minimum absolute atomic E-state index is 0.305. The van der Waals surface area contributed by atoms with Gasteiger partial charge in [-0.2, -0.15) is 0 Å². The van der Waals surface area contributed by atoms with Gasteiger partial charge >= 0.3 is 0 Å². The van der Waals surface area contributed by atoms with Gasteiger partial charge in [0, 0.05) is 0 Å². The van der Waals surface area contributed by atoms with Crippen LogP contribution in [-0.4, -0.2) is 17.9 Å². The van der Waals surface area contributed by atoms with Crippen molar-refractivity contribution in [1.82, 2.24) is 0 Å². The van der Waals surface area contributed by atoms with Gasteiger partial charge in [-0.3, -0.25) is 14.4 Å². The zero-order valence-corrected chi connectivity index (χ0v) is 17.2. The second kappa shape index (κ2) is 7.32. The molecule has 6 heteroatoms. The van der Waals surface area contributed by atoms with Crippen LogP contribution in [0, 0.1) is 25.6 Å². The summed E-state index contributed by atoms with van der Waals surface area (Å²) < 4.78 is 13.6. The van der Waals surface area contributed by atoms with E-state index in [9.17, 15) is 14.0 Å². The summed E-state index contributed by atoms with van der Waals surface area (Å²) in [4.78, 5) is 34.4. The molecular formula is C25H21FN2O3. The summed E-state index contributed by atoms with van der Waals surface area (Å²) in [6.07, 6.45) is -0.943. The Morgan fingerprint density at radius 1 is 0.806 bits per heavy atom. The van der Waals surface area contributed by atoms with E-state index in [1.165, 1.54) is 17.0 Å². The third kappa shape index (κ3) is 3.02. The summed E-state index contributed by atoms with van der Waals surface area (Å²) in [6, 6.07) is 20.4. The Morgan fingerprint density at radius 2 is 1.45 bits per heavy atom. The molecule has 156 valence electrons. The molecule has 2 amide bonds. The second-order valence-corrected chi connectivity index (χ2v) is 7.96. The molecular weight excluding hydrogens is 395 g/mol. The van der Waals surface area contributed by atoms with Gasteiger partial charge in [0.05, 0.1) is 17.4 Å². The standard InChI is InChI=1S/C25H21FN2O3/c1-15-7-6-8-16(2)21(15)27-24(29)20-22(17-11-13-18(26)14-12-17)28(31-23(20)25(27)30)19-9-4-3-5-10-19/h3-14,20,22-23H,1-2H3/t20-,22-,23+/m1/s1. The van der Waals surface area contributed by atoms with Gasteiger partial charge in [0.2, 0.25) is 5.91 Å². The van der Waals surface area contributed by atoms with Crippen LogP contribution in [0.15, 0.2) is 72.8 Å². The SMILES string of the molecule is Cc1cccc(C)c1N1C(=O)[C@H]2[C@H](ON(c3ccccc3)[C@@H]2c2ccc(F)cc2)C1=O. The van der Waals surface area contributed by atoms with E-state index in [0.717, 1.165) is 16.8 Å². The Bertz CT molecular complexity index is 1140. The number of carbonyl (C=O) groups excluding carboxylic acids is 2. The van der Waals surface area contributed by atoms with Crippen molar-refractivity contribution in [2.75, 3.05) is 9.96 Å². The Labute approximate surface area is 179 Å². The zero-order chi connectivity index (χ0) is 21.7. The van der Waals surface area contributed by atoms with Crippen LogP contribution in [0.25, 0.3) is 0 Å². The smallest absolute Gasteiger partial charge is 0.266 e. The van der Waals surface area contributed by atoms with Crippen molar-refractivity contribution in [3.63, 3.8) is 0 Å². The first-order valence-electron chi connectivity index (χ1n) is 10.2. The molecule has 5 nitrogen and oxygen atoms in total. The first-order chi connectivity index (χ1) is 15.0. The zero-order valence-electron chi connectivity index (χ0n) is 17.2. The third-order valence-electron chi connectivity index (χ3n) is 6.00. The van der Waals surface area contributed by atoms with Gasteiger partial charge in [-0.15, -0.1) is 0 Å². The topological polar surface area (TPSA) is 49.9 Å². The maximum Gasteiger partial charge on any atom is 0.266 e. The largest absolute Gasteiger partial charge is 0.273 e. The van der Waals surface area contributed by atoms with E-state index >= 15 is 0 Å². The second-order valence-electron chi connectivity index (χ2n) is 7.96. The number of carbonyl (C=O) groups is 2. The molecule has 0 saturated carbocycles. The number of hydrogen-bond acceptors (Lipinski definition) is 4. The lowest BCUT2D eigenvalue weighted by molar-refractivity contribution is -0.126. The molecule has 5 rings (SSSR count). The number of fused-ring (bicyclic) bond motifs is 1. The van der Waals surface area contributed by atoms with E-state index < -0.39 is 18.1 Å². The van der Waals surface area contributed by atoms with Crippen molar-refractivity contribution in [2.24, 2.45) is 5.92 Å². The van der Waals surface area contributed by atoms with E-state index in [-0.39, 0.29) is 17.6 Å². The van der Waals surface area contributed by atoms with Crippen LogP contribution in [0.3, 0.4) is 0 Å². The van der Waals surface area contributed by atoms with Crippen LogP contribution in [0.1, 0.15) is 22.7 Å². The number of hydrogen-bond donors (Lipinski definition) is 0. The predicted octanol–water partition coefficient (Wildman–Crippen LogP) is 4.49. The summed E-state index contributed by atoms with van der Waals surface area (Å²) in [5.74, 6) is -1.79. The van der Waals surface area contributed by atoms with Crippen LogP contribution < -0.4 is 9.96 Å². The summed E-state index contributed by atoms with van der Waals surface area (Å²) in [6.45, 7) is 3.76. The molecule has 0 spiro atoms. The fraction of sp³-hybridized carbons (Fsp3) is 0.200. The van der Waals surface area contributed by atoms with Gasteiger partial charge in [0.1, 0.15) is 11.7 Å². The molecule has 3 atom stereocenters. The number of benzene rings is 3. The minimum atomic E-state index is -0.943. The summed E-state index contributed by atoms with van der Waals surface area (Å²) in [5.41, 5.74) is 3.74. The van der Waals surface area contributed by atoms with Gasteiger partial charge in [-0.25, -0.2) is 14.4 Å². The van der Waals surface area contributed by atoms with Crippen molar-refractivity contribution >= 4 is 23.2 Å². The quantitative estimate of drug-likeness (QED) is 0.590. The van der Waals surface area contributed by atoms with Crippen molar-refractivity contribution in [2.45, 2.75) is 26.0 Å². The Morgan fingerprint density at radius 3 is 2.10 bits per heavy atom. The van der Waals surface area contributed by atoms with Crippen LogP contribution in [0.2, 0.25) is 0 Å². The van der Waals surface area contributed by atoms with Gasteiger partial charge in [0.15, 0.2) is 6.10 Å². The lowest BCUT2D eigenvalue weighted by atomic mass is 9.90. The molecule has 0 bridgehead atoms. The van der Waals surface area contributed by atoms with Crippen LogP contribution >= 0.6 is 0 Å². The van der Waals surface area contributed by atoms with E-state index in [4.69, 9.17) is 4.84 Å². The summed E-state index contributed by atoms with van der Waals surface area (Å²) in [7, 11) is 0. The van der Waals surface area contributed by atoms with Crippen LogP contribution in [-0.2, 0) is 14.4 Å². The molecule has 31 heavy (non-hydrogen) atoms. The van der Waals surface area contributed by atoms with Gasteiger partial charge in [-0.1, -0.05) is 48.5 Å². The van der Waals surface area contributed by atoms with E-state index in [1.807, 2.05) is 62.4 Å². The Kier molecular flexibility index (Phi) is 4.59. The molecule has 2 fully saturated rings. The number of para-hydroxylation sites is 2. The molecule has 3 aromatic rings. The average molecular weight is 416 g/mol. The average Bonchev–Trinajstić information content (AvgIpc) is 3.27. The number of imide groups is 1. The first kappa shape index (κ1) is 19.5. The molecule has 0 aliphatic carbocycles. The number of hydroxylamine groups is 1. The highest BCUT2D eigenvalue weighted by molar-refractivity contribution is 6.24. The van der Waals surface area contributed by atoms with Gasteiger partial charge in [-0.05, 0) is 54.8 Å². The van der Waals surface area contributed by atoms with Gasteiger partial charge < -0.3 is 0 Å². The number of aryl methyl sites for hydroxylation is 2. The molecule has 2 aliphatic heterocycles. The molecule has 2 aliphatic rings. The Hall–Kier alpha value is -3.51. The van der Waals surface area contributed by atoms with E-state index in [2.05, 4.69) is 0 Å². The fourth-order valence-electron chi connectivity index (χ4n) is 4.59. The van der Waals surface area contributed by atoms with Crippen LogP contribution in [0.4, 0.5) is 15.8 Å². The molecule has 2 heterocycles. The molecule has 0 radical (unpaired) electrons. The van der Waals surface area contributed by atoms with E-state index in [0.29, 0.717) is 11.3 Å². The number of nitrogens with zero attached hydrogens (tertiary/aromatic N) is 2. The van der Waals surface area contributed by atoms with Crippen molar-refractivity contribution < 1.29 is 18.8 Å². The maximum atomic E-state index is 13.7. The lowest BCUT2D eigenvalue weighted by Gasteiger charge is -2.29. The molecule has 2 saturated heterocycles. The highest BCUT2D eigenvalue weighted by atomic mass is 19.1. The monoisotopic (exact) mass is 416 g/mol. The van der Waals surface area contributed by atoms with Crippen molar-refractivity contribution in [3.05, 3.63) is 95.3 Å². The lowest BCUT2D eigenvalue weighted by Crippen LogP contribution is -2.38. The highest BCUT2D eigenvalue weighted by Gasteiger charge is 2.60. The molecule has 0 unspecified atom stereocenters. The Balaban J connectivity index is 1.61. The number of halogens is 1. The molecule has 0 N–H and O–H groups in total. The fourth-order valence-corrected chi connectivity index (χ4v) is 4.59. The highest BCUT2D eigenvalue weighted by Crippen LogP contribution is 2.48. The summed E-state index contributed by atoms with van der Waals surface area (Å²) >= 11 is 0. The number of amides is 2. The number of anilines is 2. The number of rotatable bonds is 3. The maximum absolute atomic E-state index is 13.7. The minimum Gasteiger partial charge on any atom is -0.273 e. The first-order valence-corrected chi connectivity index (χ1v) is 10.2. The molecule has 0 aromatic heterocycles. The normalized spacial score (nSPS) is 22.9. The third-order valence-corrected chi connectivity index (χ3v) is 6.00. The summed E-state index contributed by atoms with van der Waals surface area (Å²) in [5, 5.41) is 1.61. The van der Waals surface area contributed by atoms with Gasteiger partial charge in [0.25, 0.3) is 5.91 Å². The molecule has 3 aromatic carbocycles. The van der Waals surface area contributed by atoms with Crippen molar-refractivity contribution in [1.29, 1.82) is 0 Å². The predicted molar refractivity (Wildman–Crippen MR) is 115 cm³/mol. The van der Waals surface area contributed by atoms with E-state index in [1.54, 1.807) is 17.2 Å².